The zero-order valence-electron chi connectivity index (χ0n) is 16.5. The summed E-state index contributed by atoms with van der Waals surface area (Å²) in [4.78, 5) is 11.7. The Bertz CT molecular complexity index is 786. The lowest BCUT2D eigenvalue weighted by molar-refractivity contribution is -0.446. The average Bonchev–Trinajstić information content (AvgIpc) is 2.66. The standard InChI is InChI=1S/C14H9F19O2S/c1-2-3-4-35-5(34)6(36-33,8(17,18)13(27,28)29)7(15,16)9(19,20)10(21,22)11(23,24)12(25,26)14(30,31)32/h2-4H2,1H3. The van der Waals surface area contributed by atoms with Crippen LogP contribution in [0.2, 0.25) is 0 Å². The quantitative estimate of drug-likeness (QED) is 0.138. The van der Waals surface area contributed by atoms with Crippen molar-refractivity contribution >= 4 is 18.1 Å². The van der Waals surface area contributed by atoms with Crippen molar-refractivity contribution < 1.29 is 92.4 Å². The van der Waals surface area contributed by atoms with E-state index in [2.05, 4.69) is 4.74 Å². The molecule has 0 aromatic carbocycles. The van der Waals surface area contributed by atoms with Crippen LogP contribution in [0.5, 0.6) is 0 Å². The van der Waals surface area contributed by atoms with Crippen molar-refractivity contribution in [3.8, 4) is 0 Å². The van der Waals surface area contributed by atoms with Crippen LogP contribution in [-0.4, -0.2) is 65.2 Å². The molecule has 0 spiro atoms. The Balaban J connectivity index is 7.48. The molecule has 0 saturated heterocycles. The lowest BCUT2D eigenvalue weighted by Crippen LogP contribution is -2.78. The number of hydrogen-bond donors (Lipinski definition) is 0. The van der Waals surface area contributed by atoms with Gasteiger partial charge in [0.2, 0.25) is 0 Å². The average molecular weight is 602 g/mol. The number of ether oxygens (including phenoxy) is 1. The minimum atomic E-state index is -8.88. The number of halogens is 19. The molecule has 0 aliphatic carbocycles. The van der Waals surface area contributed by atoms with Crippen LogP contribution in [0.1, 0.15) is 19.8 Å². The maximum Gasteiger partial charge on any atom is 0.460 e. The molecule has 1 atom stereocenters. The summed E-state index contributed by atoms with van der Waals surface area (Å²) in [7, 11) is 0. The van der Waals surface area contributed by atoms with Gasteiger partial charge in [-0.1, -0.05) is 13.3 Å². The molecule has 0 aliphatic heterocycles. The minimum absolute atomic E-state index is 0.234. The predicted octanol–water partition coefficient (Wildman–Crippen LogP) is 7.62. The molecule has 0 fully saturated rings. The number of hydrogen-bond acceptors (Lipinski definition) is 3. The Kier molecular flexibility index (Phi) is 9.26. The van der Waals surface area contributed by atoms with Gasteiger partial charge >= 0.3 is 53.9 Å². The van der Waals surface area contributed by atoms with Crippen LogP contribution < -0.4 is 0 Å². The SMILES string of the molecule is CCCCOC(=O)C(SF)(C(F)(F)C(F)(F)F)C(F)(F)C(F)(F)C(F)(F)C(F)(F)C(F)(F)C(F)(F)F. The summed E-state index contributed by atoms with van der Waals surface area (Å²) in [6, 6.07) is 0. The lowest BCUT2D eigenvalue weighted by atomic mass is 9.82. The molecule has 36 heavy (non-hydrogen) atoms. The minimum Gasteiger partial charge on any atom is -0.464 e. The van der Waals surface area contributed by atoms with Crippen LogP contribution >= 0.6 is 12.1 Å². The molecule has 1 unspecified atom stereocenters. The lowest BCUT2D eigenvalue weighted by Gasteiger charge is -2.46. The third kappa shape index (κ3) is 4.51. The summed E-state index contributed by atoms with van der Waals surface area (Å²) in [5.41, 5.74) is 0. The van der Waals surface area contributed by atoms with E-state index >= 15 is 0 Å². The van der Waals surface area contributed by atoms with Crippen molar-refractivity contribution in [3.05, 3.63) is 0 Å². The van der Waals surface area contributed by atoms with E-state index in [-0.39, 0.29) is 6.42 Å². The van der Waals surface area contributed by atoms with Crippen molar-refractivity contribution in [1.29, 1.82) is 0 Å². The Labute approximate surface area is 190 Å². The first-order valence-electron chi connectivity index (χ1n) is 8.41. The summed E-state index contributed by atoms with van der Waals surface area (Å²) in [6.07, 6.45) is -16.6. The second-order valence-electron chi connectivity index (χ2n) is 6.69. The van der Waals surface area contributed by atoms with E-state index in [4.69, 9.17) is 0 Å². The van der Waals surface area contributed by atoms with Gasteiger partial charge in [-0.25, -0.2) is 4.79 Å². The molecular formula is C14H9F19O2S. The largest absolute Gasteiger partial charge is 0.464 e. The second kappa shape index (κ2) is 9.66. The monoisotopic (exact) mass is 602 g/mol. The van der Waals surface area contributed by atoms with Crippen molar-refractivity contribution in [2.24, 2.45) is 0 Å². The second-order valence-corrected chi connectivity index (χ2v) is 7.46. The fraction of sp³-hybridized carbons (Fsp3) is 0.929. The summed E-state index contributed by atoms with van der Waals surface area (Å²) in [5.74, 6) is -55.4. The van der Waals surface area contributed by atoms with Gasteiger partial charge in [0, 0.05) is 0 Å². The van der Waals surface area contributed by atoms with E-state index in [0.29, 0.717) is 0 Å². The zero-order chi connectivity index (χ0) is 29.6. The third-order valence-corrected chi connectivity index (χ3v) is 5.22. The number of carbonyl (C=O) groups excluding carboxylic acids is 1. The van der Waals surface area contributed by atoms with Crippen molar-refractivity contribution in [3.63, 3.8) is 0 Å². The number of alkyl halides is 18. The van der Waals surface area contributed by atoms with Gasteiger partial charge in [0.25, 0.3) is 4.75 Å². The zero-order valence-corrected chi connectivity index (χ0v) is 17.3. The molecule has 0 radical (unpaired) electrons. The summed E-state index contributed by atoms with van der Waals surface area (Å²) in [5, 5.41) is 0. The fourth-order valence-corrected chi connectivity index (χ4v) is 2.74. The van der Waals surface area contributed by atoms with Gasteiger partial charge in [-0.15, -0.1) is 0 Å². The summed E-state index contributed by atoms with van der Waals surface area (Å²) in [6.45, 7) is -0.437. The fourth-order valence-electron chi connectivity index (χ4n) is 2.18. The number of rotatable bonds is 11. The van der Waals surface area contributed by atoms with Gasteiger partial charge < -0.3 is 4.74 Å². The smallest absolute Gasteiger partial charge is 0.460 e. The van der Waals surface area contributed by atoms with Gasteiger partial charge in [0.1, 0.15) is 0 Å². The predicted molar refractivity (Wildman–Crippen MR) is 79.1 cm³/mol. The van der Waals surface area contributed by atoms with E-state index in [0.717, 1.165) is 6.92 Å². The van der Waals surface area contributed by atoms with Crippen LogP contribution in [0.3, 0.4) is 0 Å². The molecular weight excluding hydrogens is 593 g/mol. The summed E-state index contributed by atoms with van der Waals surface area (Å²) < 4.78 is 248. The first-order valence-corrected chi connectivity index (χ1v) is 9.13. The molecule has 2 nitrogen and oxygen atoms in total. The Hall–Kier alpha value is -1.51. The van der Waals surface area contributed by atoms with E-state index in [1.165, 1.54) is 0 Å². The molecule has 0 heterocycles. The van der Waals surface area contributed by atoms with Crippen molar-refractivity contribution in [2.45, 2.75) is 72.4 Å². The molecule has 22 heteroatoms. The molecule has 0 amide bonds. The highest BCUT2D eigenvalue weighted by atomic mass is 32.2. The van der Waals surface area contributed by atoms with Gasteiger partial charge in [0.05, 0.1) is 18.8 Å². The van der Waals surface area contributed by atoms with Crippen molar-refractivity contribution in [1.82, 2.24) is 0 Å². The molecule has 0 bridgehead atoms. The van der Waals surface area contributed by atoms with Crippen LogP contribution in [0.15, 0.2) is 0 Å². The first kappa shape index (κ1) is 34.5. The van der Waals surface area contributed by atoms with Crippen LogP contribution in [-0.2, 0) is 9.53 Å². The molecule has 0 aromatic rings. The normalized spacial score (nSPS) is 17.1. The highest BCUT2D eigenvalue weighted by Gasteiger charge is 2.97. The van der Waals surface area contributed by atoms with E-state index in [1.54, 1.807) is 0 Å². The maximum atomic E-state index is 14.4. The van der Waals surface area contributed by atoms with E-state index in [9.17, 15) is 87.7 Å². The highest BCUT2D eigenvalue weighted by Crippen LogP contribution is 2.67. The van der Waals surface area contributed by atoms with Crippen LogP contribution in [0, 0.1) is 0 Å². The van der Waals surface area contributed by atoms with E-state index in [1.807, 2.05) is 0 Å². The molecule has 0 aromatic heterocycles. The topological polar surface area (TPSA) is 26.3 Å². The Morgan fingerprint density at radius 2 is 0.917 bits per heavy atom. The van der Waals surface area contributed by atoms with Gasteiger partial charge in [-0.05, 0) is 6.42 Å². The molecule has 0 aliphatic rings. The number of unbranched alkanes of at least 4 members (excludes halogenated alkanes) is 1. The Morgan fingerprint density at radius 1 is 0.583 bits per heavy atom. The van der Waals surface area contributed by atoms with Gasteiger partial charge in [0.15, 0.2) is 0 Å². The first-order chi connectivity index (χ1) is 15.5. The van der Waals surface area contributed by atoms with E-state index < -0.39 is 83.8 Å². The molecule has 0 saturated carbocycles. The highest BCUT2D eigenvalue weighted by molar-refractivity contribution is 7.96. The third-order valence-electron chi connectivity index (χ3n) is 4.31. The van der Waals surface area contributed by atoms with Crippen LogP contribution in [0.25, 0.3) is 0 Å². The number of esters is 1. The van der Waals surface area contributed by atoms with Gasteiger partial charge in [-0.3, -0.25) is 0 Å². The number of carbonyl (C=O) groups is 1. The molecule has 216 valence electrons. The van der Waals surface area contributed by atoms with Crippen molar-refractivity contribution in [2.75, 3.05) is 6.61 Å². The molecule has 0 rings (SSSR count). The Morgan fingerprint density at radius 3 is 1.22 bits per heavy atom. The summed E-state index contributed by atoms with van der Waals surface area (Å²) >= 11 is -3.47. The van der Waals surface area contributed by atoms with Crippen LogP contribution in [0.4, 0.5) is 82.9 Å². The molecule has 0 N–H and O–H groups in total. The van der Waals surface area contributed by atoms with Gasteiger partial charge in [-0.2, -0.15) is 82.9 Å². The maximum absolute atomic E-state index is 14.4.